The molecule has 0 aliphatic heterocycles. The standard InChI is InChI=1S/C26H19NO4/c28-25(29)23-14-17(13-16-7-1-2-8-18(16)23)27-26(30)31-15-24-21-11-5-3-9-19(21)20-10-4-6-12-22(20)24/h1-14,24H,15H2,(H,27,30)(H,28,29). The summed E-state index contributed by atoms with van der Waals surface area (Å²) in [4.78, 5) is 24.2. The van der Waals surface area contributed by atoms with Gasteiger partial charge in [0.2, 0.25) is 0 Å². The lowest BCUT2D eigenvalue weighted by Gasteiger charge is -2.15. The number of carbonyl (C=O) groups excluding carboxylic acids is 1. The highest BCUT2D eigenvalue weighted by molar-refractivity contribution is 6.06. The Kier molecular flexibility index (Phi) is 4.64. The SMILES string of the molecule is O=C(Nc1cc(C(=O)O)c2ccccc2c1)OCC1c2ccccc2-c2ccccc21. The van der Waals surface area contributed by atoms with E-state index in [0.717, 1.165) is 27.6 Å². The second kappa shape index (κ2) is 7.61. The molecule has 0 saturated heterocycles. The van der Waals surface area contributed by atoms with E-state index in [1.165, 1.54) is 6.07 Å². The number of fused-ring (bicyclic) bond motifs is 4. The Hall–Kier alpha value is -4.12. The second-order valence-corrected chi connectivity index (χ2v) is 7.50. The molecule has 1 amide bonds. The Morgan fingerprint density at radius 3 is 2.13 bits per heavy atom. The van der Waals surface area contributed by atoms with Gasteiger partial charge in [-0.1, -0.05) is 72.8 Å². The fourth-order valence-electron chi connectivity index (χ4n) is 4.31. The van der Waals surface area contributed by atoms with Gasteiger partial charge in [0.25, 0.3) is 0 Å². The van der Waals surface area contributed by atoms with Gasteiger partial charge in [-0.25, -0.2) is 9.59 Å². The lowest BCUT2D eigenvalue weighted by molar-refractivity contribution is 0.0699. The fourth-order valence-corrected chi connectivity index (χ4v) is 4.31. The molecule has 0 bridgehead atoms. The first-order valence-electron chi connectivity index (χ1n) is 10.00. The van der Waals surface area contributed by atoms with Gasteiger partial charge in [0, 0.05) is 11.6 Å². The Labute approximate surface area is 178 Å². The topological polar surface area (TPSA) is 75.6 Å². The summed E-state index contributed by atoms with van der Waals surface area (Å²) in [6.07, 6.45) is -0.617. The van der Waals surface area contributed by atoms with E-state index in [1.807, 2.05) is 36.4 Å². The van der Waals surface area contributed by atoms with Crippen molar-refractivity contribution in [3.8, 4) is 11.1 Å². The molecule has 152 valence electrons. The largest absolute Gasteiger partial charge is 0.478 e. The van der Waals surface area contributed by atoms with Gasteiger partial charge in [0.05, 0.1) is 5.56 Å². The minimum absolute atomic E-state index is 0.0377. The number of hydrogen-bond donors (Lipinski definition) is 2. The summed E-state index contributed by atoms with van der Waals surface area (Å²) in [5.41, 5.74) is 5.10. The van der Waals surface area contributed by atoms with Crippen molar-refractivity contribution < 1.29 is 19.4 Å². The van der Waals surface area contributed by atoms with E-state index in [1.54, 1.807) is 18.2 Å². The number of benzene rings is 4. The zero-order valence-electron chi connectivity index (χ0n) is 16.5. The van der Waals surface area contributed by atoms with Gasteiger partial charge in [-0.05, 0) is 45.2 Å². The van der Waals surface area contributed by atoms with E-state index in [4.69, 9.17) is 4.74 Å². The maximum Gasteiger partial charge on any atom is 0.411 e. The highest BCUT2D eigenvalue weighted by Gasteiger charge is 2.29. The van der Waals surface area contributed by atoms with Crippen molar-refractivity contribution in [3.63, 3.8) is 0 Å². The highest BCUT2D eigenvalue weighted by Crippen LogP contribution is 2.44. The molecular weight excluding hydrogens is 390 g/mol. The second-order valence-electron chi connectivity index (χ2n) is 7.50. The van der Waals surface area contributed by atoms with Crippen LogP contribution in [0, 0.1) is 0 Å². The molecular formula is C26H19NO4. The quantitative estimate of drug-likeness (QED) is 0.440. The third-order valence-corrected chi connectivity index (χ3v) is 5.68. The van der Waals surface area contributed by atoms with Gasteiger partial charge in [-0.2, -0.15) is 0 Å². The lowest BCUT2D eigenvalue weighted by atomic mass is 9.98. The van der Waals surface area contributed by atoms with E-state index in [2.05, 4.69) is 29.6 Å². The van der Waals surface area contributed by atoms with E-state index >= 15 is 0 Å². The van der Waals surface area contributed by atoms with Crippen LogP contribution in [0.25, 0.3) is 21.9 Å². The zero-order chi connectivity index (χ0) is 21.4. The molecule has 0 fully saturated rings. The molecule has 2 N–H and O–H groups in total. The third kappa shape index (κ3) is 3.40. The Bertz CT molecular complexity index is 1280. The third-order valence-electron chi connectivity index (χ3n) is 5.68. The van der Waals surface area contributed by atoms with Crippen molar-refractivity contribution in [2.45, 2.75) is 5.92 Å². The van der Waals surface area contributed by atoms with Crippen LogP contribution in [-0.2, 0) is 4.74 Å². The van der Waals surface area contributed by atoms with Gasteiger partial charge in [0.15, 0.2) is 0 Å². The molecule has 5 heteroatoms. The number of nitrogens with one attached hydrogen (secondary N) is 1. The molecule has 4 aromatic rings. The molecule has 4 aromatic carbocycles. The number of carbonyl (C=O) groups is 2. The summed E-state index contributed by atoms with van der Waals surface area (Å²) in [6.45, 7) is 0.194. The molecule has 0 saturated carbocycles. The number of aromatic carboxylic acids is 1. The molecule has 1 aliphatic rings. The van der Waals surface area contributed by atoms with Crippen LogP contribution in [0.4, 0.5) is 10.5 Å². The number of hydrogen-bond acceptors (Lipinski definition) is 3. The van der Waals surface area contributed by atoms with Crippen molar-refractivity contribution in [1.29, 1.82) is 0 Å². The van der Waals surface area contributed by atoms with Crippen molar-refractivity contribution in [1.82, 2.24) is 0 Å². The van der Waals surface area contributed by atoms with E-state index in [0.29, 0.717) is 11.1 Å². The van der Waals surface area contributed by atoms with E-state index < -0.39 is 12.1 Å². The molecule has 31 heavy (non-hydrogen) atoms. The normalized spacial score (nSPS) is 12.3. The van der Waals surface area contributed by atoms with Gasteiger partial charge in [0.1, 0.15) is 6.61 Å². The Morgan fingerprint density at radius 2 is 1.45 bits per heavy atom. The van der Waals surface area contributed by atoms with Crippen LogP contribution in [0.3, 0.4) is 0 Å². The van der Waals surface area contributed by atoms with Gasteiger partial charge in [-0.3, -0.25) is 5.32 Å². The molecule has 5 rings (SSSR count). The summed E-state index contributed by atoms with van der Waals surface area (Å²) < 4.78 is 5.56. The first-order chi connectivity index (χ1) is 15.1. The monoisotopic (exact) mass is 409 g/mol. The average molecular weight is 409 g/mol. The lowest BCUT2D eigenvalue weighted by Crippen LogP contribution is -2.18. The number of amides is 1. The zero-order valence-corrected chi connectivity index (χ0v) is 16.5. The number of anilines is 1. The van der Waals surface area contributed by atoms with Crippen LogP contribution in [0.5, 0.6) is 0 Å². The van der Waals surface area contributed by atoms with Gasteiger partial charge < -0.3 is 9.84 Å². The van der Waals surface area contributed by atoms with Crippen LogP contribution >= 0.6 is 0 Å². The molecule has 5 nitrogen and oxygen atoms in total. The molecule has 0 radical (unpaired) electrons. The van der Waals surface area contributed by atoms with Gasteiger partial charge >= 0.3 is 12.1 Å². The average Bonchev–Trinajstić information content (AvgIpc) is 3.11. The number of ether oxygens (including phenoxy) is 1. The Balaban J connectivity index is 1.36. The maximum atomic E-state index is 12.5. The minimum Gasteiger partial charge on any atom is -0.478 e. The fraction of sp³-hybridized carbons (Fsp3) is 0.0769. The summed E-state index contributed by atoms with van der Waals surface area (Å²) in [5.74, 6) is -1.09. The molecule has 0 spiro atoms. The van der Waals surface area contributed by atoms with Crippen LogP contribution in [0.15, 0.2) is 84.9 Å². The summed E-state index contributed by atoms with van der Waals surface area (Å²) >= 11 is 0. The number of rotatable bonds is 4. The molecule has 0 unspecified atom stereocenters. The number of carboxylic acids is 1. The van der Waals surface area contributed by atoms with E-state index in [9.17, 15) is 14.7 Å². The predicted octanol–water partition coefficient (Wildman–Crippen LogP) is 5.90. The predicted molar refractivity (Wildman–Crippen MR) is 120 cm³/mol. The highest BCUT2D eigenvalue weighted by atomic mass is 16.5. The first-order valence-corrected chi connectivity index (χ1v) is 10.00. The van der Waals surface area contributed by atoms with Gasteiger partial charge in [-0.15, -0.1) is 0 Å². The summed E-state index contributed by atoms with van der Waals surface area (Å²) in [7, 11) is 0. The van der Waals surface area contributed by atoms with Crippen LogP contribution in [-0.4, -0.2) is 23.8 Å². The number of carboxylic acid groups (broad SMARTS) is 1. The smallest absolute Gasteiger partial charge is 0.411 e. The minimum atomic E-state index is -1.05. The van der Waals surface area contributed by atoms with Crippen LogP contribution < -0.4 is 5.32 Å². The summed E-state index contributed by atoms with van der Waals surface area (Å²) in [5, 5.41) is 13.6. The summed E-state index contributed by atoms with van der Waals surface area (Å²) in [6, 6.07) is 26.6. The molecule has 0 heterocycles. The van der Waals surface area contributed by atoms with Crippen LogP contribution in [0.2, 0.25) is 0 Å². The van der Waals surface area contributed by atoms with E-state index in [-0.39, 0.29) is 18.1 Å². The first kappa shape index (κ1) is 18.9. The molecule has 0 atom stereocenters. The molecule has 0 aromatic heterocycles. The Morgan fingerprint density at radius 1 is 0.839 bits per heavy atom. The van der Waals surface area contributed by atoms with Crippen LogP contribution in [0.1, 0.15) is 27.4 Å². The van der Waals surface area contributed by atoms with Crippen molar-refractivity contribution in [2.75, 3.05) is 11.9 Å². The van der Waals surface area contributed by atoms with Crippen molar-refractivity contribution in [3.05, 3.63) is 102 Å². The van der Waals surface area contributed by atoms with Crippen molar-refractivity contribution >= 4 is 28.5 Å². The maximum absolute atomic E-state index is 12.5. The molecule has 1 aliphatic carbocycles. The van der Waals surface area contributed by atoms with Crippen molar-refractivity contribution in [2.24, 2.45) is 0 Å².